The van der Waals surface area contributed by atoms with Crippen molar-refractivity contribution in [2.45, 2.75) is 6.54 Å². The predicted molar refractivity (Wildman–Crippen MR) is 73.6 cm³/mol. The van der Waals surface area contributed by atoms with E-state index in [4.69, 9.17) is 5.73 Å². The molecule has 0 saturated carbocycles. The van der Waals surface area contributed by atoms with Crippen LogP contribution in [0.2, 0.25) is 0 Å². The number of rotatable bonds is 4. The van der Waals surface area contributed by atoms with Crippen LogP contribution in [-0.2, 0) is 6.54 Å². The first-order chi connectivity index (χ1) is 8.36. The molecule has 0 aromatic heterocycles. The lowest BCUT2D eigenvalue weighted by Crippen LogP contribution is -2.02. The van der Waals surface area contributed by atoms with Crippen molar-refractivity contribution in [1.82, 2.24) is 0 Å². The normalized spacial score (nSPS) is 10.2. The average molecular weight is 225 g/mol. The zero-order valence-corrected chi connectivity index (χ0v) is 9.82. The Labute approximate surface area is 102 Å². The van der Waals surface area contributed by atoms with Gasteiger partial charge in [0.05, 0.1) is 0 Å². The van der Waals surface area contributed by atoms with Crippen LogP contribution in [0.3, 0.4) is 0 Å². The minimum absolute atomic E-state index is 0.550. The summed E-state index contributed by atoms with van der Waals surface area (Å²) >= 11 is 0. The van der Waals surface area contributed by atoms with E-state index >= 15 is 0 Å². The Morgan fingerprint density at radius 2 is 1.59 bits per heavy atom. The number of hydrogen-bond acceptors (Lipinski definition) is 2. The van der Waals surface area contributed by atoms with Crippen molar-refractivity contribution in [3.05, 3.63) is 61.0 Å². The van der Waals surface area contributed by atoms with Crippen LogP contribution >= 0.6 is 0 Å². The van der Waals surface area contributed by atoms with Crippen LogP contribution in [0.1, 0.15) is 5.56 Å². The predicted octanol–water partition coefficient (Wildman–Crippen LogP) is 3.06. The summed E-state index contributed by atoms with van der Waals surface area (Å²) in [6.45, 7) is 5.04. The first-order valence-electron chi connectivity index (χ1n) is 5.77. The van der Waals surface area contributed by atoms with Crippen molar-refractivity contribution in [1.29, 1.82) is 0 Å². The van der Waals surface area contributed by atoms with Crippen LogP contribution in [0.15, 0.2) is 48.5 Å². The van der Waals surface area contributed by atoms with E-state index in [1.165, 1.54) is 11.1 Å². The van der Waals surface area contributed by atoms with Crippen LogP contribution in [0, 0.1) is 6.92 Å². The highest BCUT2D eigenvalue weighted by Gasteiger charge is 2.06. The van der Waals surface area contributed by atoms with Gasteiger partial charge in [0.2, 0.25) is 0 Å². The first-order valence-corrected chi connectivity index (χ1v) is 5.77. The molecule has 0 saturated heterocycles. The Morgan fingerprint density at radius 3 is 2.29 bits per heavy atom. The Kier molecular flexibility index (Phi) is 3.78. The molecule has 17 heavy (non-hydrogen) atoms. The summed E-state index contributed by atoms with van der Waals surface area (Å²) in [7, 11) is 0. The van der Waals surface area contributed by atoms with Gasteiger partial charge in [-0.3, -0.25) is 0 Å². The highest BCUT2D eigenvalue weighted by atomic mass is 14.9. The molecule has 0 unspecified atom stereocenters. The van der Waals surface area contributed by atoms with E-state index in [0.717, 1.165) is 11.3 Å². The Hall–Kier alpha value is -1.80. The Morgan fingerprint density at radius 1 is 0.941 bits per heavy atom. The number of para-hydroxylation sites is 1. The standard InChI is InChI=1S/C15H17N2/c1-2-17-15-10-6-5-9-14(15)13-8-4-3-7-12(13)11-16/h3-10,17H,1-2,11,16H2. The number of anilines is 1. The number of benzene rings is 2. The van der Waals surface area contributed by atoms with Gasteiger partial charge in [0, 0.05) is 24.3 Å². The second kappa shape index (κ2) is 5.51. The topological polar surface area (TPSA) is 38.0 Å². The Bertz CT molecular complexity index is 492. The molecular weight excluding hydrogens is 208 g/mol. The molecule has 2 aromatic rings. The van der Waals surface area contributed by atoms with E-state index < -0.39 is 0 Å². The van der Waals surface area contributed by atoms with E-state index in [0.29, 0.717) is 13.1 Å². The van der Waals surface area contributed by atoms with Crippen LogP contribution in [0.5, 0.6) is 0 Å². The largest absolute Gasteiger partial charge is 0.385 e. The zero-order valence-electron chi connectivity index (χ0n) is 9.82. The smallest absolute Gasteiger partial charge is 0.0419 e. The SMILES string of the molecule is [CH2]CNc1ccccc1-c1ccccc1CN. The van der Waals surface area contributed by atoms with Crippen molar-refractivity contribution in [3.8, 4) is 11.1 Å². The number of nitrogens with two attached hydrogens (primary N) is 1. The average Bonchev–Trinajstić information content (AvgIpc) is 2.40. The third-order valence-electron chi connectivity index (χ3n) is 2.77. The number of hydrogen-bond donors (Lipinski definition) is 2. The minimum Gasteiger partial charge on any atom is -0.385 e. The lowest BCUT2D eigenvalue weighted by molar-refractivity contribution is 1.07. The summed E-state index contributed by atoms with van der Waals surface area (Å²) < 4.78 is 0. The van der Waals surface area contributed by atoms with Crippen LogP contribution in [0.25, 0.3) is 11.1 Å². The number of nitrogens with one attached hydrogen (secondary N) is 1. The molecule has 0 aliphatic rings. The van der Waals surface area contributed by atoms with E-state index in [1.807, 2.05) is 24.3 Å². The first kappa shape index (κ1) is 11.7. The molecule has 1 radical (unpaired) electrons. The Balaban J connectivity index is 2.52. The maximum atomic E-state index is 5.78. The summed E-state index contributed by atoms with van der Waals surface area (Å²) in [5.74, 6) is 0. The van der Waals surface area contributed by atoms with Gasteiger partial charge in [0.1, 0.15) is 0 Å². The molecule has 0 aliphatic carbocycles. The summed E-state index contributed by atoms with van der Waals surface area (Å²) in [6, 6.07) is 16.4. The van der Waals surface area contributed by atoms with Gasteiger partial charge in [-0.2, -0.15) is 0 Å². The van der Waals surface area contributed by atoms with E-state index in [2.05, 4.69) is 36.5 Å². The highest BCUT2D eigenvalue weighted by Crippen LogP contribution is 2.30. The van der Waals surface area contributed by atoms with Gasteiger partial charge in [-0.1, -0.05) is 42.5 Å². The highest BCUT2D eigenvalue weighted by molar-refractivity contribution is 5.79. The summed E-state index contributed by atoms with van der Waals surface area (Å²) in [4.78, 5) is 0. The lowest BCUT2D eigenvalue weighted by atomic mass is 9.98. The third kappa shape index (κ3) is 2.48. The monoisotopic (exact) mass is 225 g/mol. The molecule has 2 heteroatoms. The van der Waals surface area contributed by atoms with Crippen molar-refractivity contribution in [2.75, 3.05) is 11.9 Å². The van der Waals surface area contributed by atoms with E-state index in [9.17, 15) is 0 Å². The van der Waals surface area contributed by atoms with Crippen LogP contribution in [0.4, 0.5) is 5.69 Å². The molecular formula is C15H17N2. The van der Waals surface area contributed by atoms with Crippen LogP contribution < -0.4 is 11.1 Å². The maximum Gasteiger partial charge on any atom is 0.0419 e. The fourth-order valence-corrected chi connectivity index (χ4v) is 1.97. The molecule has 0 heterocycles. The summed E-state index contributed by atoms with van der Waals surface area (Å²) in [5.41, 5.74) is 10.4. The fraction of sp³-hybridized carbons (Fsp3) is 0.133. The van der Waals surface area contributed by atoms with Gasteiger partial charge in [-0.15, -0.1) is 0 Å². The molecule has 0 spiro atoms. The van der Waals surface area contributed by atoms with Gasteiger partial charge < -0.3 is 11.1 Å². The molecule has 0 bridgehead atoms. The zero-order chi connectivity index (χ0) is 12.1. The van der Waals surface area contributed by atoms with Crippen molar-refractivity contribution in [3.63, 3.8) is 0 Å². The quantitative estimate of drug-likeness (QED) is 0.839. The van der Waals surface area contributed by atoms with Crippen molar-refractivity contribution >= 4 is 5.69 Å². The second-order valence-electron chi connectivity index (χ2n) is 3.83. The second-order valence-corrected chi connectivity index (χ2v) is 3.83. The summed E-state index contributed by atoms with van der Waals surface area (Å²) in [6.07, 6.45) is 0. The fourth-order valence-electron chi connectivity index (χ4n) is 1.97. The molecule has 0 aliphatic heterocycles. The van der Waals surface area contributed by atoms with Gasteiger partial charge in [0.15, 0.2) is 0 Å². The van der Waals surface area contributed by atoms with Crippen molar-refractivity contribution in [2.24, 2.45) is 5.73 Å². The molecule has 0 atom stereocenters. The van der Waals surface area contributed by atoms with Gasteiger partial charge in [0.25, 0.3) is 0 Å². The minimum atomic E-state index is 0.550. The van der Waals surface area contributed by atoms with Gasteiger partial charge in [-0.05, 0) is 24.1 Å². The molecule has 0 amide bonds. The van der Waals surface area contributed by atoms with Gasteiger partial charge >= 0.3 is 0 Å². The van der Waals surface area contributed by atoms with Crippen LogP contribution in [-0.4, -0.2) is 6.54 Å². The molecule has 2 aromatic carbocycles. The molecule has 2 rings (SSSR count). The summed E-state index contributed by atoms with van der Waals surface area (Å²) in [5, 5.41) is 3.27. The van der Waals surface area contributed by atoms with E-state index in [-0.39, 0.29) is 0 Å². The van der Waals surface area contributed by atoms with Crippen molar-refractivity contribution < 1.29 is 0 Å². The van der Waals surface area contributed by atoms with Gasteiger partial charge in [-0.25, -0.2) is 0 Å². The van der Waals surface area contributed by atoms with E-state index in [1.54, 1.807) is 0 Å². The third-order valence-corrected chi connectivity index (χ3v) is 2.77. The maximum absolute atomic E-state index is 5.78. The molecule has 3 N–H and O–H groups in total. The molecule has 2 nitrogen and oxygen atoms in total. The molecule has 87 valence electrons. The molecule has 0 fully saturated rings. The lowest BCUT2D eigenvalue weighted by Gasteiger charge is -2.13.